The molecule has 2 aromatic heterocycles. The molecule has 7 heteroatoms. The van der Waals surface area contributed by atoms with Crippen molar-refractivity contribution < 1.29 is 5.11 Å². The third-order valence-electron chi connectivity index (χ3n) is 5.21. The lowest BCUT2D eigenvalue weighted by Crippen LogP contribution is -2.36. The zero-order chi connectivity index (χ0) is 16.4. The van der Waals surface area contributed by atoms with E-state index in [0.29, 0.717) is 6.04 Å². The van der Waals surface area contributed by atoms with Crippen LogP contribution in [0.1, 0.15) is 31.7 Å². The number of aliphatic hydroxyl groups excluding tert-OH is 1. The van der Waals surface area contributed by atoms with Crippen LogP contribution in [0.4, 0.5) is 11.6 Å². The molecule has 24 heavy (non-hydrogen) atoms. The lowest BCUT2D eigenvalue weighted by atomic mass is 10.1. The van der Waals surface area contributed by atoms with Gasteiger partial charge >= 0.3 is 0 Å². The van der Waals surface area contributed by atoms with Crippen LogP contribution in [0.2, 0.25) is 0 Å². The number of hydrogen-bond acceptors (Lipinski definition) is 6. The predicted molar refractivity (Wildman–Crippen MR) is 92.2 cm³/mol. The molecule has 0 amide bonds. The standard InChI is InChI=1S/C17H24N6O/c24-12-15-3-1-7-22(15)17-11-16(18-13-19-17)21-9-4-14(5-10-21)23-8-2-6-20-23/h2,6,8,11,13-15,24H,1,3-5,7,9-10,12H2/t15-/m1/s1. The first kappa shape index (κ1) is 15.4. The monoisotopic (exact) mass is 328 g/mol. The minimum absolute atomic E-state index is 0.189. The minimum Gasteiger partial charge on any atom is -0.394 e. The summed E-state index contributed by atoms with van der Waals surface area (Å²) in [7, 11) is 0. The second-order valence-corrected chi connectivity index (χ2v) is 6.61. The number of rotatable bonds is 4. The molecule has 0 aromatic carbocycles. The van der Waals surface area contributed by atoms with Crippen molar-refractivity contribution in [3.8, 4) is 0 Å². The molecule has 0 unspecified atom stereocenters. The Bertz CT molecular complexity index is 653. The van der Waals surface area contributed by atoms with Crippen LogP contribution in [-0.4, -0.2) is 57.1 Å². The van der Waals surface area contributed by atoms with Crippen LogP contribution in [0.5, 0.6) is 0 Å². The number of piperidine rings is 1. The second kappa shape index (κ2) is 6.76. The fourth-order valence-corrected chi connectivity index (χ4v) is 3.85. The maximum atomic E-state index is 9.53. The van der Waals surface area contributed by atoms with Gasteiger partial charge in [0.1, 0.15) is 18.0 Å². The lowest BCUT2D eigenvalue weighted by molar-refractivity contribution is 0.266. The highest BCUT2D eigenvalue weighted by Crippen LogP contribution is 2.28. The van der Waals surface area contributed by atoms with Crippen molar-refractivity contribution in [3.05, 3.63) is 30.9 Å². The summed E-state index contributed by atoms with van der Waals surface area (Å²) < 4.78 is 2.07. The van der Waals surface area contributed by atoms with Crippen molar-refractivity contribution in [2.75, 3.05) is 36.0 Å². The SMILES string of the molecule is OC[C@H]1CCCN1c1cc(N2CCC(n3cccn3)CC2)ncn1. The first-order valence-electron chi connectivity index (χ1n) is 8.79. The molecule has 128 valence electrons. The Morgan fingerprint density at radius 3 is 2.67 bits per heavy atom. The third-order valence-corrected chi connectivity index (χ3v) is 5.21. The van der Waals surface area contributed by atoms with Gasteiger partial charge in [-0.25, -0.2) is 9.97 Å². The Hall–Kier alpha value is -2.15. The molecule has 2 aromatic rings. The van der Waals surface area contributed by atoms with E-state index in [4.69, 9.17) is 0 Å². The Kier molecular flexibility index (Phi) is 4.34. The van der Waals surface area contributed by atoms with E-state index >= 15 is 0 Å². The van der Waals surface area contributed by atoms with E-state index in [1.54, 1.807) is 6.33 Å². The summed E-state index contributed by atoms with van der Waals surface area (Å²) in [6.45, 7) is 3.10. The zero-order valence-corrected chi connectivity index (χ0v) is 13.8. The Morgan fingerprint density at radius 2 is 1.92 bits per heavy atom. The van der Waals surface area contributed by atoms with Crippen LogP contribution in [0.25, 0.3) is 0 Å². The van der Waals surface area contributed by atoms with Gasteiger partial charge in [0.05, 0.1) is 18.7 Å². The average Bonchev–Trinajstić information content (AvgIpc) is 3.33. The van der Waals surface area contributed by atoms with Gasteiger partial charge in [-0.05, 0) is 31.7 Å². The van der Waals surface area contributed by atoms with Crippen LogP contribution >= 0.6 is 0 Å². The molecule has 0 bridgehead atoms. The van der Waals surface area contributed by atoms with Gasteiger partial charge in [-0.3, -0.25) is 4.68 Å². The summed E-state index contributed by atoms with van der Waals surface area (Å²) in [6.07, 6.45) is 9.83. The molecule has 0 saturated carbocycles. The van der Waals surface area contributed by atoms with Crippen molar-refractivity contribution in [2.24, 2.45) is 0 Å². The van der Waals surface area contributed by atoms with Gasteiger partial charge < -0.3 is 14.9 Å². The highest BCUT2D eigenvalue weighted by Gasteiger charge is 2.26. The summed E-state index contributed by atoms with van der Waals surface area (Å²) in [5, 5.41) is 13.9. The molecule has 0 radical (unpaired) electrons. The molecule has 2 saturated heterocycles. The Labute approximate surface area is 141 Å². The summed E-state index contributed by atoms with van der Waals surface area (Å²) in [5.41, 5.74) is 0. The smallest absolute Gasteiger partial charge is 0.134 e. The molecule has 2 fully saturated rings. The minimum atomic E-state index is 0.189. The molecule has 2 aliphatic heterocycles. The average molecular weight is 328 g/mol. The Morgan fingerprint density at radius 1 is 1.08 bits per heavy atom. The fourth-order valence-electron chi connectivity index (χ4n) is 3.85. The largest absolute Gasteiger partial charge is 0.394 e. The van der Waals surface area contributed by atoms with Crippen LogP contribution in [0.3, 0.4) is 0 Å². The van der Waals surface area contributed by atoms with Gasteiger partial charge in [-0.1, -0.05) is 0 Å². The van der Waals surface area contributed by atoms with Gasteiger partial charge in [0.2, 0.25) is 0 Å². The van der Waals surface area contributed by atoms with Gasteiger partial charge in [-0.15, -0.1) is 0 Å². The molecule has 0 spiro atoms. The Balaban J connectivity index is 1.45. The van der Waals surface area contributed by atoms with Crippen LogP contribution in [-0.2, 0) is 0 Å². The molecular formula is C17H24N6O. The van der Waals surface area contributed by atoms with E-state index in [-0.39, 0.29) is 12.6 Å². The number of aliphatic hydroxyl groups is 1. The number of hydrogen-bond donors (Lipinski definition) is 1. The third kappa shape index (κ3) is 2.96. The van der Waals surface area contributed by atoms with Crippen molar-refractivity contribution >= 4 is 11.6 Å². The molecule has 4 heterocycles. The molecule has 4 rings (SSSR count). The van der Waals surface area contributed by atoms with Crippen molar-refractivity contribution in [1.29, 1.82) is 0 Å². The molecule has 7 nitrogen and oxygen atoms in total. The van der Waals surface area contributed by atoms with Gasteiger partial charge in [0, 0.05) is 38.1 Å². The summed E-state index contributed by atoms with van der Waals surface area (Å²) in [6, 6.07) is 4.73. The highest BCUT2D eigenvalue weighted by molar-refractivity contribution is 5.51. The van der Waals surface area contributed by atoms with Crippen LogP contribution in [0, 0.1) is 0 Å². The first-order valence-corrected chi connectivity index (χ1v) is 8.79. The molecular weight excluding hydrogens is 304 g/mol. The van der Waals surface area contributed by atoms with Crippen molar-refractivity contribution in [1.82, 2.24) is 19.7 Å². The zero-order valence-electron chi connectivity index (χ0n) is 13.8. The van der Waals surface area contributed by atoms with Gasteiger partial charge in [0.25, 0.3) is 0 Å². The van der Waals surface area contributed by atoms with E-state index in [9.17, 15) is 5.11 Å². The molecule has 2 aliphatic rings. The topological polar surface area (TPSA) is 70.3 Å². The van der Waals surface area contributed by atoms with Crippen LogP contribution < -0.4 is 9.80 Å². The highest BCUT2D eigenvalue weighted by atomic mass is 16.3. The number of nitrogens with zero attached hydrogens (tertiary/aromatic N) is 6. The maximum absolute atomic E-state index is 9.53. The number of anilines is 2. The maximum Gasteiger partial charge on any atom is 0.134 e. The van der Waals surface area contributed by atoms with E-state index in [1.807, 2.05) is 18.5 Å². The van der Waals surface area contributed by atoms with E-state index < -0.39 is 0 Å². The summed E-state index contributed by atoms with van der Waals surface area (Å²) >= 11 is 0. The van der Waals surface area contributed by atoms with Crippen molar-refractivity contribution in [2.45, 2.75) is 37.8 Å². The van der Waals surface area contributed by atoms with Gasteiger partial charge in [0.15, 0.2) is 0 Å². The summed E-state index contributed by atoms with van der Waals surface area (Å²) in [5.74, 6) is 1.92. The fraction of sp³-hybridized carbons (Fsp3) is 0.588. The number of aromatic nitrogens is 4. The summed E-state index contributed by atoms with van der Waals surface area (Å²) in [4.78, 5) is 13.4. The first-order chi connectivity index (χ1) is 11.8. The lowest BCUT2D eigenvalue weighted by Gasteiger charge is -2.33. The van der Waals surface area contributed by atoms with E-state index in [0.717, 1.165) is 57.0 Å². The normalized spacial score (nSPS) is 22.3. The second-order valence-electron chi connectivity index (χ2n) is 6.61. The predicted octanol–water partition coefficient (Wildman–Crippen LogP) is 1.48. The van der Waals surface area contributed by atoms with Gasteiger partial charge in [-0.2, -0.15) is 5.10 Å². The quantitative estimate of drug-likeness (QED) is 0.917. The van der Waals surface area contributed by atoms with E-state index in [2.05, 4.69) is 35.6 Å². The molecule has 1 atom stereocenters. The van der Waals surface area contributed by atoms with Crippen molar-refractivity contribution in [3.63, 3.8) is 0 Å². The molecule has 0 aliphatic carbocycles. The molecule has 1 N–H and O–H groups in total. The van der Waals surface area contributed by atoms with Crippen LogP contribution in [0.15, 0.2) is 30.9 Å². The van der Waals surface area contributed by atoms with E-state index in [1.165, 1.54) is 0 Å².